The lowest BCUT2D eigenvalue weighted by Gasteiger charge is -2.34. The van der Waals surface area contributed by atoms with Gasteiger partial charge in [-0.2, -0.15) is 0 Å². The predicted octanol–water partition coefficient (Wildman–Crippen LogP) is 3.42. The van der Waals surface area contributed by atoms with E-state index in [0.29, 0.717) is 44.2 Å². The molecule has 1 aromatic heterocycles. The molecule has 7 nitrogen and oxygen atoms in total. The first-order chi connectivity index (χ1) is 13.0. The van der Waals surface area contributed by atoms with Crippen LogP contribution in [0.3, 0.4) is 0 Å². The minimum atomic E-state index is -0.0905. The largest absolute Gasteiger partial charge is 0.497 e. The molecule has 2 aromatic rings. The number of hydrogen-bond donors (Lipinski definition) is 1. The van der Waals surface area contributed by atoms with Crippen molar-refractivity contribution < 1.29 is 14.3 Å². The fourth-order valence-corrected chi connectivity index (χ4v) is 4.22. The number of likely N-dealkylation sites (tertiary alicyclic amines) is 1. The van der Waals surface area contributed by atoms with Crippen LogP contribution in [0.5, 0.6) is 5.75 Å². The fraction of sp³-hybridized carbons (Fsp3) is 0.526. The van der Waals surface area contributed by atoms with Crippen LogP contribution in [0, 0.1) is 5.92 Å². The molecular weight excluding hydrogens is 364 g/mol. The van der Waals surface area contributed by atoms with Crippen molar-refractivity contribution in [2.24, 2.45) is 5.92 Å². The summed E-state index contributed by atoms with van der Waals surface area (Å²) in [5, 5.41) is 3.54. The van der Waals surface area contributed by atoms with Gasteiger partial charge in [-0.05, 0) is 44.9 Å². The number of methoxy groups -OCH3 is 1. The first-order valence-electron chi connectivity index (χ1n) is 9.35. The van der Waals surface area contributed by atoms with E-state index in [1.54, 1.807) is 7.11 Å². The second-order valence-electron chi connectivity index (χ2n) is 6.56. The average molecular weight is 391 g/mol. The van der Waals surface area contributed by atoms with Gasteiger partial charge in [0.25, 0.3) is 0 Å². The van der Waals surface area contributed by atoms with Crippen molar-refractivity contribution in [3.05, 3.63) is 18.2 Å². The summed E-state index contributed by atoms with van der Waals surface area (Å²) in [6.07, 6.45) is 1.36. The highest BCUT2D eigenvalue weighted by Crippen LogP contribution is 2.30. The third-order valence-electron chi connectivity index (χ3n) is 5.00. The molecule has 3 rings (SSSR count). The van der Waals surface area contributed by atoms with Crippen LogP contribution in [0.2, 0.25) is 0 Å². The molecule has 1 aliphatic rings. The van der Waals surface area contributed by atoms with E-state index in [1.165, 1.54) is 11.3 Å². The SMILES string of the molecule is CCN(CC)C(=O)N1CCC(C(=O)Nc2nc3ccc(OC)cc3s2)CC1. The topological polar surface area (TPSA) is 74.8 Å². The number of urea groups is 1. The summed E-state index contributed by atoms with van der Waals surface area (Å²) in [7, 11) is 1.63. The Morgan fingerprint density at radius 1 is 1.30 bits per heavy atom. The number of rotatable bonds is 5. The number of nitrogens with one attached hydrogen (secondary N) is 1. The van der Waals surface area contributed by atoms with Crippen molar-refractivity contribution >= 4 is 38.6 Å². The summed E-state index contributed by atoms with van der Waals surface area (Å²) in [5.41, 5.74) is 0.843. The average Bonchev–Trinajstić information content (AvgIpc) is 3.10. The molecule has 146 valence electrons. The maximum absolute atomic E-state index is 12.6. The van der Waals surface area contributed by atoms with Gasteiger partial charge in [0.15, 0.2) is 5.13 Å². The Hall–Kier alpha value is -2.35. The quantitative estimate of drug-likeness (QED) is 0.849. The molecule has 0 radical (unpaired) electrons. The summed E-state index contributed by atoms with van der Waals surface area (Å²) in [6, 6.07) is 5.73. The number of fused-ring (bicyclic) bond motifs is 1. The highest BCUT2D eigenvalue weighted by molar-refractivity contribution is 7.22. The van der Waals surface area contributed by atoms with Crippen LogP contribution in [-0.4, -0.2) is 60.0 Å². The molecule has 1 saturated heterocycles. The van der Waals surface area contributed by atoms with Gasteiger partial charge in [-0.3, -0.25) is 4.79 Å². The highest BCUT2D eigenvalue weighted by atomic mass is 32.1. The molecule has 1 fully saturated rings. The van der Waals surface area contributed by atoms with Crippen LogP contribution in [0.15, 0.2) is 18.2 Å². The van der Waals surface area contributed by atoms with Gasteiger partial charge in [0.1, 0.15) is 5.75 Å². The molecule has 0 aliphatic carbocycles. The number of aromatic nitrogens is 1. The van der Waals surface area contributed by atoms with Gasteiger partial charge < -0.3 is 19.9 Å². The smallest absolute Gasteiger partial charge is 0.319 e. The molecule has 27 heavy (non-hydrogen) atoms. The third kappa shape index (κ3) is 4.32. The second-order valence-corrected chi connectivity index (χ2v) is 7.59. The Morgan fingerprint density at radius 3 is 2.63 bits per heavy atom. The number of nitrogens with zero attached hydrogens (tertiary/aromatic N) is 3. The molecule has 0 unspecified atom stereocenters. The number of piperidine rings is 1. The molecule has 1 N–H and O–H groups in total. The maximum atomic E-state index is 12.6. The number of carbonyl (C=O) groups is 2. The minimum absolute atomic E-state index is 0.0176. The van der Waals surface area contributed by atoms with Crippen LogP contribution < -0.4 is 10.1 Å². The lowest BCUT2D eigenvalue weighted by molar-refractivity contribution is -0.121. The number of thiazole rings is 1. The molecule has 8 heteroatoms. The van der Waals surface area contributed by atoms with Crippen molar-refractivity contribution in [1.29, 1.82) is 0 Å². The molecule has 0 bridgehead atoms. The fourth-order valence-electron chi connectivity index (χ4n) is 3.32. The maximum Gasteiger partial charge on any atom is 0.319 e. The zero-order chi connectivity index (χ0) is 19.4. The molecule has 0 saturated carbocycles. The van der Waals surface area contributed by atoms with E-state index in [2.05, 4.69) is 10.3 Å². The summed E-state index contributed by atoms with van der Waals surface area (Å²) < 4.78 is 6.20. The molecule has 0 spiro atoms. The van der Waals surface area contributed by atoms with Crippen molar-refractivity contribution in [3.63, 3.8) is 0 Å². The Balaban J connectivity index is 1.57. The standard InChI is InChI=1S/C19H26N4O3S/c1-4-22(5-2)19(25)23-10-8-13(9-11-23)17(24)21-18-20-15-7-6-14(26-3)12-16(15)27-18/h6-7,12-13H,4-5,8-11H2,1-3H3,(H,20,21,24). The highest BCUT2D eigenvalue weighted by Gasteiger charge is 2.29. The van der Waals surface area contributed by atoms with Gasteiger partial charge in [0, 0.05) is 32.1 Å². The van der Waals surface area contributed by atoms with Crippen LogP contribution in [0.25, 0.3) is 10.2 Å². The summed E-state index contributed by atoms with van der Waals surface area (Å²) in [4.78, 5) is 33.2. The van der Waals surface area contributed by atoms with Crippen molar-refractivity contribution in [1.82, 2.24) is 14.8 Å². The summed E-state index contributed by atoms with van der Waals surface area (Å²) in [6.45, 7) is 6.61. The molecule has 1 aromatic carbocycles. The number of carbonyl (C=O) groups excluding carboxylic acids is 2. The second kappa shape index (κ2) is 8.56. The van der Waals surface area contributed by atoms with Crippen molar-refractivity contribution in [3.8, 4) is 5.75 Å². The Kier molecular flexibility index (Phi) is 6.15. The van der Waals surface area contributed by atoms with Gasteiger partial charge in [-0.15, -0.1) is 0 Å². The predicted molar refractivity (Wildman–Crippen MR) is 107 cm³/mol. The molecule has 3 amide bonds. The van der Waals surface area contributed by atoms with E-state index in [4.69, 9.17) is 4.74 Å². The first kappa shape index (κ1) is 19.4. The minimum Gasteiger partial charge on any atom is -0.497 e. The lowest BCUT2D eigenvalue weighted by atomic mass is 9.96. The third-order valence-corrected chi connectivity index (χ3v) is 5.93. The molecule has 1 aliphatic heterocycles. The number of ether oxygens (including phenoxy) is 1. The van der Waals surface area contributed by atoms with Gasteiger partial charge in [-0.25, -0.2) is 9.78 Å². The Labute approximate surface area is 163 Å². The Morgan fingerprint density at radius 2 is 2.00 bits per heavy atom. The molecule has 2 heterocycles. The first-order valence-corrected chi connectivity index (χ1v) is 10.2. The van der Waals surface area contributed by atoms with Gasteiger partial charge in [0.05, 0.1) is 17.3 Å². The number of benzene rings is 1. The molecule has 0 atom stereocenters. The lowest BCUT2D eigenvalue weighted by Crippen LogP contribution is -2.47. The van der Waals surface area contributed by atoms with Crippen molar-refractivity contribution in [2.45, 2.75) is 26.7 Å². The van der Waals surface area contributed by atoms with E-state index in [9.17, 15) is 9.59 Å². The van der Waals surface area contributed by atoms with Crippen LogP contribution in [0.1, 0.15) is 26.7 Å². The van der Waals surface area contributed by atoms with Gasteiger partial charge in [-0.1, -0.05) is 11.3 Å². The number of hydrogen-bond acceptors (Lipinski definition) is 5. The van der Waals surface area contributed by atoms with E-state index in [-0.39, 0.29) is 17.9 Å². The summed E-state index contributed by atoms with van der Waals surface area (Å²) >= 11 is 1.44. The van der Waals surface area contributed by atoms with Crippen LogP contribution in [0.4, 0.5) is 9.93 Å². The zero-order valence-electron chi connectivity index (χ0n) is 16.0. The monoisotopic (exact) mass is 390 g/mol. The van der Waals surface area contributed by atoms with E-state index in [1.807, 2.05) is 41.8 Å². The van der Waals surface area contributed by atoms with Crippen molar-refractivity contribution in [2.75, 3.05) is 38.6 Å². The zero-order valence-corrected chi connectivity index (χ0v) is 16.8. The van der Waals surface area contributed by atoms with E-state index < -0.39 is 0 Å². The normalized spacial score (nSPS) is 15.0. The van der Waals surface area contributed by atoms with Gasteiger partial charge in [0.2, 0.25) is 5.91 Å². The van der Waals surface area contributed by atoms with E-state index in [0.717, 1.165) is 16.0 Å². The van der Waals surface area contributed by atoms with E-state index >= 15 is 0 Å². The Bertz CT molecular complexity index is 810. The van der Waals surface area contributed by atoms with Crippen LogP contribution >= 0.6 is 11.3 Å². The summed E-state index contributed by atoms with van der Waals surface area (Å²) in [5.74, 6) is 0.664. The van der Waals surface area contributed by atoms with Crippen LogP contribution in [-0.2, 0) is 4.79 Å². The number of amides is 3. The van der Waals surface area contributed by atoms with Gasteiger partial charge >= 0.3 is 6.03 Å². The number of anilines is 1. The molecular formula is C19H26N4O3S.